The van der Waals surface area contributed by atoms with E-state index in [2.05, 4.69) is 19.2 Å². The van der Waals surface area contributed by atoms with E-state index in [1.807, 2.05) is 88.4 Å². The molecule has 3 aromatic rings. The molecular weight excluding hydrogens is 408 g/mol. The maximum Gasteiger partial charge on any atom is 0.282 e. The van der Waals surface area contributed by atoms with E-state index in [0.717, 1.165) is 33.5 Å². The van der Waals surface area contributed by atoms with E-state index in [4.69, 9.17) is 0 Å². The minimum atomic E-state index is -0.343. The number of anilines is 2. The van der Waals surface area contributed by atoms with E-state index in [9.17, 15) is 9.59 Å². The number of imide groups is 1. The average molecular weight is 439 g/mol. The second-order valence-corrected chi connectivity index (χ2v) is 9.17. The number of carbonyl (C=O) groups is 2. The Bertz CT molecular complexity index is 1280. The van der Waals surface area contributed by atoms with E-state index in [-0.39, 0.29) is 11.8 Å². The van der Waals surface area contributed by atoms with Gasteiger partial charge in [-0.1, -0.05) is 50.2 Å². The summed E-state index contributed by atoms with van der Waals surface area (Å²) in [5, 5.41) is 3.26. The summed E-state index contributed by atoms with van der Waals surface area (Å²) in [6.07, 6.45) is 0. The zero-order chi connectivity index (χ0) is 23.9. The van der Waals surface area contributed by atoms with E-state index in [0.29, 0.717) is 22.9 Å². The maximum atomic E-state index is 13.7. The number of benzene rings is 3. The predicted octanol–water partition coefficient (Wildman–Crippen LogP) is 6.44. The van der Waals surface area contributed by atoms with Gasteiger partial charge in [-0.2, -0.15) is 0 Å². The molecule has 0 fully saturated rings. The molecule has 0 unspecified atom stereocenters. The number of hydrogen-bond donors (Lipinski definition) is 1. The number of nitrogens with zero attached hydrogens (tertiary/aromatic N) is 1. The van der Waals surface area contributed by atoms with Crippen LogP contribution in [-0.4, -0.2) is 11.8 Å². The third kappa shape index (κ3) is 4.21. The standard InChI is InChI=1S/C29H30N2O2/c1-17(2)22-10-12-24(13-11-22)30-27-26(23-9-7-18(3)20(5)15-23)28(32)31(29(27)33)25-14-8-19(4)21(6)16-25/h7-17,30H,1-6H3. The third-order valence-corrected chi connectivity index (χ3v) is 6.47. The number of rotatable bonds is 5. The summed E-state index contributed by atoms with van der Waals surface area (Å²) >= 11 is 0. The molecule has 0 bridgehead atoms. The van der Waals surface area contributed by atoms with Crippen molar-refractivity contribution in [3.05, 3.63) is 99.7 Å². The van der Waals surface area contributed by atoms with Gasteiger partial charge in [-0.15, -0.1) is 0 Å². The molecule has 168 valence electrons. The Kier molecular flexibility index (Phi) is 5.94. The summed E-state index contributed by atoms with van der Waals surface area (Å²) in [5.74, 6) is -0.239. The quantitative estimate of drug-likeness (QED) is 0.466. The maximum absolute atomic E-state index is 13.7. The lowest BCUT2D eigenvalue weighted by atomic mass is 9.99. The molecule has 1 heterocycles. The van der Waals surface area contributed by atoms with E-state index in [1.165, 1.54) is 10.5 Å². The predicted molar refractivity (Wildman–Crippen MR) is 135 cm³/mol. The third-order valence-electron chi connectivity index (χ3n) is 6.47. The summed E-state index contributed by atoms with van der Waals surface area (Å²) in [5.41, 5.74) is 8.38. The van der Waals surface area contributed by atoms with Crippen LogP contribution in [0, 0.1) is 27.7 Å². The van der Waals surface area contributed by atoms with Crippen LogP contribution >= 0.6 is 0 Å². The minimum Gasteiger partial charge on any atom is -0.350 e. The largest absolute Gasteiger partial charge is 0.350 e. The molecule has 4 rings (SSSR count). The van der Waals surface area contributed by atoms with E-state index < -0.39 is 0 Å². The van der Waals surface area contributed by atoms with Gasteiger partial charge in [0.15, 0.2) is 0 Å². The van der Waals surface area contributed by atoms with Gasteiger partial charge in [0.1, 0.15) is 5.70 Å². The van der Waals surface area contributed by atoms with Gasteiger partial charge in [-0.25, -0.2) is 4.90 Å². The fourth-order valence-corrected chi connectivity index (χ4v) is 4.01. The van der Waals surface area contributed by atoms with Gasteiger partial charge in [0.25, 0.3) is 11.8 Å². The smallest absolute Gasteiger partial charge is 0.282 e. The second kappa shape index (κ2) is 8.70. The molecular formula is C29H30N2O2. The van der Waals surface area contributed by atoms with Crippen molar-refractivity contribution < 1.29 is 9.59 Å². The van der Waals surface area contributed by atoms with Gasteiger partial charge >= 0.3 is 0 Å². The van der Waals surface area contributed by atoms with Gasteiger partial charge in [0, 0.05) is 5.69 Å². The molecule has 1 N–H and O–H groups in total. The fraction of sp³-hybridized carbons (Fsp3) is 0.241. The Morgan fingerprint density at radius 1 is 0.697 bits per heavy atom. The zero-order valence-electron chi connectivity index (χ0n) is 20.1. The number of carbonyl (C=O) groups excluding carboxylic acids is 2. The Labute approximate surface area is 195 Å². The molecule has 0 atom stereocenters. The highest BCUT2D eigenvalue weighted by Crippen LogP contribution is 2.35. The van der Waals surface area contributed by atoms with Crippen LogP contribution in [0.25, 0.3) is 5.57 Å². The first-order chi connectivity index (χ1) is 15.7. The van der Waals surface area contributed by atoms with Gasteiger partial charge in [-0.3, -0.25) is 9.59 Å². The van der Waals surface area contributed by atoms with E-state index in [1.54, 1.807) is 0 Å². The van der Waals surface area contributed by atoms with Gasteiger partial charge in [-0.05, 0) is 91.3 Å². The molecule has 0 saturated carbocycles. The monoisotopic (exact) mass is 438 g/mol. The summed E-state index contributed by atoms with van der Waals surface area (Å²) in [6, 6.07) is 19.5. The first kappa shape index (κ1) is 22.5. The van der Waals surface area contributed by atoms with Gasteiger partial charge in [0.05, 0.1) is 11.3 Å². The van der Waals surface area contributed by atoms with Crippen LogP contribution in [-0.2, 0) is 9.59 Å². The Balaban J connectivity index is 1.81. The van der Waals surface area contributed by atoms with Crippen molar-refractivity contribution in [3.8, 4) is 0 Å². The highest BCUT2D eigenvalue weighted by atomic mass is 16.2. The van der Waals surface area contributed by atoms with Crippen LogP contribution < -0.4 is 10.2 Å². The number of amides is 2. The molecule has 4 heteroatoms. The van der Waals surface area contributed by atoms with Crippen LogP contribution in [0.1, 0.15) is 53.1 Å². The van der Waals surface area contributed by atoms with Crippen LogP contribution in [0.2, 0.25) is 0 Å². The lowest BCUT2D eigenvalue weighted by Gasteiger charge is -2.17. The average Bonchev–Trinajstić information content (AvgIpc) is 3.02. The Hall–Kier alpha value is -3.66. The van der Waals surface area contributed by atoms with Crippen LogP contribution in [0.15, 0.2) is 66.4 Å². The van der Waals surface area contributed by atoms with Crippen molar-refractivity contribution in [2.24, 2.45) is 0 Å². The summed E-state index contributed by atoms with van der Waals surface area (Å²) in [7, 11) is 0. The molecule has 0 aliphatic carbocycles. The number of aryl methyl sites for hydroxylation is 4. The van der Waals surface area contributed by atoms with Crippen molar-refractivity contribution in [1.82, 2.24) is 0 Å². The summed E-state index contributed by atoms with van der Waals surface area (Å²) < 4.78 is 0. The highest BCUT2D eigenvalue weighted by molar-refractivity contribution is 6.46. The first-order valence-corrected chi connectivity index (χ1v) is 11.3. The van der Waals surface area contributed by atoms with Crippen LogP contribution in [0.3, 0.4) is 0 Å². The minimum absolute atomic E-state index is 0.304. The first-order valence-electron chi connectivity index (χ1n) is 11.3. The topological polar surface area (TPSA) is 49.4 Å². The summed E-state index contributed by atoms with van der Waals surface area (Å²) in [4.78, 5) is 28.6. The molecule has 0 spiro atoms. The SMILES string of the molecule is Cc1ccc(C2=C(Nc3ccc(C(C)C)cc3)C(=O)N(c3ccc(C)c(C)c3)C2=O)cc1C. The lowest BCUT2D eigenvalue weighted by Crippen LogP contribution is -2.32. The van der Waals surface area contributed by atoms with Crippen molar-refractivity contribution in [2.75, 3.05) is 10.2 Å². The second-order valence-electron chi connectivity index (χ2n) is 9.17. The molecule has 33 heavy (non-hydrogen) atoms. The normalized spacial score (nSPS) is 14.0. The molecule has 3 aromatic carbocycles. The molecule has 1 aliphatic heterocycles. The highest BCUT2D eigenvalue weighted by Gasteiger charge is 2.40. The summed E-state index contributed by atoms with van der Waals surface area (Å²) in [6.45, 7) is 12.3. The Morgan fingerprint density at radius 2 is 1.30 bits per heavy atom. The number of nitrogens with one attached hydrogen (secondary N) is 1. The fourth-order valence-electron chi connectivity index (χ4n) is 4.01. The molecule has 0 radical (unpaired) electrons. The molecule has 0 saturated heterocycles. The molecule has 2 amide bonds. The molecule has 1 aliphatic rings. The lowest BCUT2D eigenvalue weighted by molar-refractivity contribution is -0.120. The van der Waals surface area contributed by atoms with Crippen molar-refractivity contribution in [2.45, 2.75) is 47.5 Å². The van der Waals surface area contributed by atoms with Crippen LogP contribution in [0.4, 0.5) is 11.4 Å². The van der Waals surface area contributed by atoms with Crippen molar-refractivity contribution in [3.63, 3.8) is 0 Å². The van der Waals surface area contributed by atoms with E-state index >= 15 is 0 Å². The molecule has 0 aromatic heterocycles. The van der Waals surface area contributed by atoms with Crippen LogP contribution in [0.5, 0.6) is 0 Å². The zero-order valence-corrected chi connectivity index (χ0v) is 20.1. The van der Waals surface area contributed by atoms with Gasteiger partial charge < -0.3 is 5.32 Å². The molecule has 4 nitrogen and oxygen atoms in total. The van der Waals surface area contributed by atoms with Crippen molar-refractivity contribution in [1.29, 1.82) is 0 Å². The Morgan fingerprint density at radius 3 is 1.88 bits per heavy atom. The van der Waals surface area contributed by atoms with Crippen molar-refractivity contribution >= 4 is 28.8 Å². The number of hydrogen-bond acceptors (Lipinski definition) is 3. The van der Waals surface area contributed by atoms with Gasteiger partial charge in [0.2, 0.25) is 0 Å².